The lowest BCUT2D eigenvalue weighted by atomic mass is 9.95. The number of pyridine rings is 1. The molecule has 1 aromatic carbocycles. The van der Waals surface area contributed by atoms with Crippen LogP contribution in [0.4, 0.5) is 5.69 Å². The predicted octanol–water partition coefficient (Wildman–Crippen LogP) is 5.70. The van der Waals surface area contributed by atoms with Gasteiger partial charge in [0.15, 0.2) is 5.11 Å². The molecule has 1 aliphatic carbocycles. The third-order valence-electron chi connectivity index (χ3n) is 7.27. The van der Waals surface area contributed by atoms with Gasteiger partial charge in [-0.1, -0.05) is 43.5 Å². The van der Waals surface area contributed by atoms with Gasteiger partial charge in [0.2, 0.25) is 5.91 Å². The number of aromatic nitrogens is 2. The largest absolute Gasteiger partial charge is 0.352 e. The molecule has 6 nitrogen and oxygen atoms in total. The first-order valence-electron chi connectivity index (χ1n) is 12.6. The molecule has 5 rings (SSSR count). The van der Waals surface area contributed by atoms with Crippen LogP contribution < -0.4 is 10.6 Å². The highest BCUT2D eigenvalue weighted by atomic mass is 32.1. The second kappa shape index (κ2) is 10.6. The number of nitrogens with one attached hydrogen (secondary N) is 2. The molecule has 182 valence electrons. The van der Waals surface area contributed by atoms with Crippen molar-refractivity contribution in [1.29, 1.82) is 0 Å². The number of hydrogen-bond donors (Lipinski definition) is 2. The Morgan fingerprint density at radius 1 is 1.11 bits per heavy atom. The molecule has 7 heteroatoms. The lowest BCUT2D eigenvalue weighted by Gasteiger charge is -2.27. The van der Waals surface area contributed by atoms with Gasteiger partial charge in [-0.05, 0) is 67.4 Å². The Morgan fingerprint density at radius 2 is 1.91 bits per heavy atom. The standard InChI is InChI=1S/C28H33N5OS/c1-20-9-5-6-12-23(20)30-25(34)15-18-33-27(26(31-28(33)35)24-13-7-8-16-29-24)21-14-17-32(19-21)22-10-3-2-4-11-22/h5-9,12-14,16-17,19,22,26-27H,2-4,10-11,15,18H2,1H3,(H,30,34)(H,31,35)/t26-,27+/m0/s1. The van der Waals surface area contributed by atoms with Crippen molar-refractivity contribution in [2.24, 2.45) is 0 Å². The quantitative estimate of drug-likeness (QED) is 0.419. The Hall–Kier alpha value is -3.19. The maximum Gasteiger partial charge on any atom is 0.226 e. The van der Waals surface area contributed by atoms with Crippen LogP contribution in [-0.4, -0.2) is 32.0 Å². The Morgan fingerprint density at radius 3 is 2.69 bits per heavy atom. The summed E-state index contributed by atoms with van der Waals surface area (Å²) in [7, 11) is 0. The molecule has 2 fully saturated rings. The van der Waals surface area contributed by atoms with Crippen molar-refractivity contribution in [2.75, 3.05) is 11.9 Å². The Bertz CT molecular complexity index is 1170. The van der Waals surface area contributed by atoms with Gasteiger partial charge in [-0.2, -0.15) is 0 Å². The van der Waals surface area contributed by atoms with E-state index < -0.39 is 0 Å². The smallest absolute Gasteiger partial charge is 0.226 e. The number of carbonyl (C=O) groups excluding carboxylic acids is 1. The molecule has 2 aromatic heterocycles. The number of benzene rings is 1. The first-order chi connectivity index (χ1) is 17.1. The number of nitrogens with zero attached hydrogens (tertiary/aromatic N) is 3. The van der Waals surface area contributed by atoms with E-state index in [9.17, 15) is 4.79 Å². The molecular weight excluding hydrogens is 454 g/mol. The summed E-state index contributed by atoms with van der Waals surface area (Å²) in [6.45, 7) is 2.53. The average molecular weight is 488 g/mol. The number of para-hydroxylation sites is 1. The van der Waals surface area contributed by atoms with E-state index in [1.54, 1.807) is 0 Å². The number of amides is 1. The molecule has 1 aliphatic heterocycles. The predicted molar refractivity (Wildman–Crippen MR) is 143 cm³/mol. The van der Waals surface area contributed by atoms with E-state index in [0.29, 0.717) is 24.1 Å². The molecule has 0 unspecified atom stereocenters. The van der Waals surface area contributed by atoms with Crippen LogP contribution in [0.1, 0.15) is 73.5 Å². The molecule has 2 N–H and O–H groups in total. The summed E-state index contributed by atoms with van der Waals surface area (Å²) in [4.78, 5) is 19.6. The van der Waals surface area contributed by atoms with E-state index in [1.807, 2.05) is 55.6 Å². The maximum atomic E-state index is 12.8. The van der Waals surface area contributed by atoms with E-state index >= 15 is 0 Å². The normalized spacial score (nSPS) is 20.6. The minimum absolute atomic E-state index is 0.0121. The van der Waals surface area contributed by atoms with Crippen LogP contribution in [0.3, 0.4) is 0 Å². The lowest BCUT2D eigenvalue weighted by molar-refractivity contribution is -0.116. The second-order valence-electron chi connectivity index (χ2n) is 9.62. The van der Waals surface area contributed by atoms with Crippen LogP contribution in [0.25, 0.3) is 0 Å². The monoisotopic (exact) mass is 487 g/mol. The zero-order chi connectivity index (χ0) is 24.2. The Kier molecular flexibility index (Phi) is 7.13. The zero-order valence-corrected chi connectivity index (χ0v) is 21.0. The molecule has 35 heavy (non-hydrogen) atoms. The van der Waals surface area contributed by atoms with Gasteiger partial charge >= 0.3 is 0 Å². The minimum Gasteiger partial charge on any atom is -0.352 e. The molecule has 0 bridgehead atoms. The maximum absolute atomic E-state index is 12.8. The van der Waals surface area contributed by atoms with Gasteiger partial charge in [0.05, 0.1) is 17.8 Å². The first-order valence-corrected chi connectivity index (χ1v) is 13.0. The second-order valence-corrected chi connectivity index (χ2v) is 10.0. The molecule has 0 spiro atoms. The van der Waals surface area contributed by atoms with Crippen molar-refractivity contribution in [3.05, 3.63) is 83.9 Å². The van der Waals surface area contributed by atoms with Crippen molar-refractivity contribution in [2.45, 2.75) is 63.6 Å². The molecule has 3 heterocycles. The topological polar surface area (TPSA) is 62.2 Å². The fourth-order valence-corrected chi connectivity index (χ4v) is 5.70. The van der Waals surface area contributed by atoms with Gasteiger partial charge < -0.3 is 20.1 Å². The van der Waals surface area contributed by atoms with Crippen molar-refractivity contribution in [3.8, 4) is 0 Å². The van der Waals surface area contributed by atoms with Crippen LogP contribution in [0.15, 0.2) is 67.1 Å². The fourth-order valence-electron chi connectivity index (χ4n) is 5.37. The summed E-state index contributed by atoms with van der Waals surface area (Å²) in [5.41, 5.74) is 4.07. The molecule has 1 amide bonds. The van der Waals surface area contributed by atoms with Crippen LogP contribution in [-0.2, 0) is 4.79 Å². The molecule has 1 saturated heterocycles. The van der Waals surface area contributed by atoms with Gasteiger partial charge in [-0.15, -0.1) is 0 Å². The minimum atomic E-state index is -0.0645. The van der Waals surface area contributed by atoms with Crippen LogP contribution >= 0.6 is 12.2 Å². The highest BCUT2D eigenvalue weighted by Crippen LogP contribution is 2.39. The number of thiocarbonyl (C=S) groups is 1. The molecule has 2 aliphatic rings. The van der Waals surface area contributed by atoms with Crippen molar-refractivity contribution in [3.63, 3.8) is 0 Å². The van der Waals surface area contributed by atoms with E-state index in [4.69, 9.17) is 12.2 Å². The lowest BCUT2D eigenvalue weighted by Crippen LogP contribution is -2.32. The van der Waals surface area contributed by atoms with E-state index in [2.05, 4.69) is 43.5 Å². The zero-order valence-electron chi connectivity index (χ0n) is 20.2. The van der Waals surface area contributed by atoms with Gasteiger partial charge in [0.1, 0.15) is 0 Å². The highest BCUT2D eigenvalue weighted by molar-refractivity contribution is 7.80. The van der Waals surface area contributed by atoms with Gasteiger partial charge in [0.25, 0.3) is 0 Å². The summed E-state index contributed by atoms with van der Waals surface area (Å²) in [5, 5.41) is 7.21. The molecule has 2 atom stereocenters. The fraction of sp³-hybridized carbons (Fsp3) is 0.393. The summed E-state index contributed by atoms with van der Waals surface area (Å²) < 4.78 is 2.38. The third-order valence-corrected chi connectivity index (χ3v) is 7.62. The van der Waals surface area contributed by atoms with Crippen molar-refractivity contribution >= 4 is 28.9 Å². The van der Waals surface area contributed by atoms with Crippen molar-refractivity contribution < 1.29 is 4.79 Å². The summed E-state index contributed by atoms with van der Waals surface area (Å²) in [6, 6.07) is 16.5. The van der Waals surface area contributed by atoms with E-state index in [0.717, 1.165) is 16.9 Å². The van der Waals surface area contributed by atoms with Crippen molar-refractivity contribution in [1.82, 2.24) is 19.8 Å². The highest BCUT2D eigenvalue weighted by Gasteiger charge is 2.40. The summed E-state index contributed by atoms with van der Waals surface area (Å²) in [6.07, 6.45) is 13.1. The third kappa shape index (κ3) is 5.25. The summed E-state index contributed by atoms with van der Waals surface area (Å²) in [5.74, 6) is -0.0121. The number of rotatable bonds is 7. The molecule has 3 aromatic rings. The number of aryl methyl sites for hydroxylation is 1. The Balaban J connectivity index is 1.36. The van der Waals surface area contributed by atoms with E-state index in [-0.39, 0.29) is 18.0 Å². The average Bonchev–Trinajstić information content (AvgIpc) is 3.50. The van der Waals surface area contributed by atoms with Crippen LogP contribution in [0.2, 0.25) is 0 Å². The van der Waals surface area contributed by atoms with Gasteiger partial charge in [-0.3, -0.25) is 9.78 Å². The number of anilines is 1. The van der Waals surface area contributed by atoms with Gasteiger partial charge in [-0.25, -0.2) is 0 Å². The van der Waals surface area contributed by atoms with Crippen LogP contribution in [0, 0.1) is 6.92 Å². The number of hydrogen-bond acceptors (Lipinski definition) is 3. The SMILES string of the molecule is Cc1ccccc1NC(=O)CCN1C(=S)N[C@@H](c2ccccn2)[C@H]1c1ccn(C2CCCCC2)c1. The molecule has 0 radical (unpaired) electrons. The molecular formula is C28H33N5OS. The number of carbonyl (C=O) groups is 1. The Labute approximate surface area is 212 Å². The van der Waals surface area contributed by atoms with Gasteiger partial charge in [0, 0.05) is 43.3 Å². The molecule has 1 saturated carbocycles. The van der Waals surface area contributed by atoms with Crippen LogP contribution in [0.5, 0.6) is 0 Å². The summed E-state index contributed by atoms with van der Waals surface area (Å²) >= 11 is 5.78. The first kappa shape index (κ1) is 23.5. The van der Waals surface area contributed by atoms with E-state index in [1.165, 1.54) is 37.7 Å².